The summed E-state index contributed by atoms with van der Waals surface area (Å²) in [5.74, 6) is -0.141. The van der Waals surface area contributed by atoms with Crippen LogP contribution >= 0.6 is 0 Å². The van der Waals surface area contributed by atoms with E-state index in [9.17, 15) is 9.59 Å². The smallest absolute Gasteiger partial charge is 0.410 e. The molecule has 0 aliphatic heterocycles. The van der Waals surface area contributed by atoms with Crippen molar-refractivity contribution in [3.05, 3.63) is 0 Å². The summed E-state index contributed by atoms with van der Waals surface area (Å²) < 4.78 is 26.8. The number of hydrogen-bond acceptors (Lipinski definition) is 7. The second kappa shape index (κ2) is 22.1. The molecule has 0 fully saturated rings. The first-order valence-electron chi connectivity index (χ1n) is 13.1. The van der Waals surface area contributed by atoms with Gasteiger partial charge in [-0.2, -0.15) is 0 Å². The van der Waals surface area contributed by atoms with Crippen molar-refractivity contribution in [3.8, 4) is 0 Å². The van der Waals surface area contributed by atoms with Crippen LogP contribution in [0.2, 0.25) is 0 Å². The Kier molecular flexibility index (Phi) is 21.2. The quantitative estimate of drug-likeness (QED) is 0.149. The minimum atomic E-state index is -0.504. The number of carbonyl (C=O) groups excluding carboxylic acids is 2. The molecule has 0 aliphatic rings. The summed E-state index contributed by atoms with van der Waals surface area (Å²) >= 11 is 0. The molecule has 0 saturated carbocycles. The number of carbonyl (C=O) groups is 2. The van der Waals surface area contributed by atoms with Crippen molar-refractivity contribution < 1.29 is 33.3 Å². The van der Waals surface area contributed by atoms with E-state index in [1.807, 2.05) is 20.8 Å². The van der Waals surface area contributed by atoms with Crippen molar-refractivity contribution in [1.29, 1.82) is 0 Å². The van der Waals surface area contributed by atoms with Gasteiger partial charge in [-0.3, -0.25) is 4.79 Å². The zero-order chi connectivity index (χ0) is 25.5. The Hall–Kier alpha value is -1.38. The highest BCUT2D eigenvalue weighted by molar-refractivity contribution is 5.69. The zero-order valence-electron chi connectivity index (χ0n) is 22.5. The Balaban J connectivity index is 3.32. The minimum Gasteiger partial charge on any atom is -0.463 e. The van der Waals surface area contributed by atoms with Gasteiger partial charge in [0, 0.05) is 20.0 Å². The molecule has 0 bridgehead atoms. The van der Waals surface area contributed by atoms with Crippen LogP contribution in [-0.2, 0) is 28.5 Å². The zero-order valence-corrected chi connectivity index (χ0v) is 22.5. The SMILES string of the molecule is CCCCCCCCCCCC(=O)OCCOCCOCCOCCN(C)C(=O)OC(C)(C)C. The number of esters is 1. The monoisotopic (exact) mass is 489 g/mol. The largest absolute Gasteiger partial charge is 0.463 e. The van der Waals surface area contributed by atoms with E-state index in [1.54, 1.807) is 7.05 Å². The van der Waals surface area contributed by atoms with Crippen molar-refractivity contribution in [2.45, 2.75) is 97.5 Å². The average molecular weight is 490 g/mol. The van der Waals surface area contributed by atoms with Gasteiger partial charge in [-0.05, 0) is 27.2 Å². The normalized spacial score (nSPS) is 11.4. The second-order valence-corrected chi connectivity index (χ2v) is 9.54. The first-order valence-corrected chi connectivity index (χ1v) is 13.1. The summed E-state index contributed by atoms with van der Waals surface area (Å²) in [5.41, 5.74) is -0.504. The lowest BCUT2D eigenvalue weighted by Crippen LogP contribution is -2.36. The highest BCUT2D eigenvalue weighted by Crippen LogP contribution is 2.11. The second-order valence-electron chi connectivity index (χ2n) is 9.54. The molecule has 0 rings (SSSR count). The molecule has 8 nitrogen and oxygen atoms in total. The summed E-state index contributed by atoms with van der Waals surface area (Å²) in [6.45, 7) is 11.1. The molecular weight excluding hydrogens is 438 g/mol. The van der Waals surface area contributed by atoms with Crippen molar-refractivity contribution in [2.24, 2.45) is 0 Å². The summed E-state index contributed by atoms with van der Waals surface area (Å²) in [4.78, 5) is 25.0. The van der Waals surface area contributed by atoms with Crippen LogP contribution in [0, 0.1) is 0 Å². The summed E-state index contributed by atoms with van der Waals surface area (Å²) in [5, 5.41) is 0. The van der Waals surface area contributed by atoms with Gasteiger partial charge in [0.25, 0.3) is 0 Å². The van der Waals surface area contributed by atoms with E-state index in [4.69, 9.17) is 23.7 Å². The third-order valence-electron chi connectivity index (χ3n) is 5.00. The number of hydrogen-bond donors (Lipinski definition) is 0. The van der Waals surface area contributed by atoms with Gasteiger partial charge in [0.1, 0.15) is 12.2 Å². The van der Waals surface area contributed by atoms with Crippen LogP contribution in [0.5, 0.6) is 0 Å². The van der Waals surface area contributed by atoms with Crippen LogP contribution in [0.1, 0.15) is 91.9 Å². The van der Waals surface area contributed by atoms with Gasteiger partial charge in [-0.15, -0.1) is 0 Å². The lowest BCUT2D eigenvalue weighted by atomic mass is 10.1. The van der Waals surface area contributed by atoms with Crippen LogP contribution in [0.25, 0.3) is 0 Å². The maximum atomic E-state index is 11.8. The first-order chi connectivity index (χ1) is 16.3. The van der Waals surface area contributed by atoms with Crippen molar-refractivity contribution in [2.75, 3.05) is 59.8 Å². The number of nitrogens with zero attached hydrogens (tertiary/aromatic N) is 1. The molecule has 0 aliphatic carbocycles. The first kappa shape index (κ1) is 32.6. The standard InChI is InChI=1S/C26H51NO7/c1-6-7-8-9-10-11-12-13-14-15-24(28)33-23-22-32-21-20-31-19-18-30-17-16-27(5)25(29)34-26(2,3)4/h6-23H2,1-5H3. The summed E-state index contributed by atoms with van der Waals surface area (Å²) in [7, 11) is 1.68. The molecule has 34 heavy (non-hydrogen) atoms. The summed E-state index contributed by atoms with van der Waals surface area (Å²) in [6.07, 6.45) is 11.2. The Morgan fingerprint density at radius 1 is 0.676 bits per heavy atom. The molecule has 0 aromatic carbocycles. The minimum absolute atomic E-state index is 0.141. The van der Waals surface area contributed by atoms with E-state index < -0.39 is 5.60 Å². The molecule has 0 aromatic rings. The maximum absolute atomic E-state index is 11.8. The number of likely N-dealkylation sites (N-methyl/N-ethyl adjacent to an activating group) is 1. The van der Waals surface area contributed by atoms with Crippen LogP contribution < -0.4 is 0 Å². The Labute approximate surface area is 208 Å². The van der Waals surface area contributed by atoms with E-state index >= 15 is 0 Å². The van der Waals surface area contributed by atoms with Crippen LogP contribution in [0.4, 0.5) is 4.79 Å². The van der Waals surface area contributed by atoms with Crippen LogP contribution in [-0.4, -0.2) is 82.4 Å². The van der Waals surface area contributed by atoms with E-state index in [2.05, 4.69) is 6.92 Å². The summed E-state index contributed by atoms with van der Waals surface area (Å²) in [6, 6.07) is 0. The van der Waals surface area contributed by atoms with Gasteiger partial charge in [0.15, 0.2) is 0 Å². The predicted octanol–water partition coefficient (Wildman–Crippen LogP) is 5.37. The maximum Gasteiger partial charge on any atom is 0.410 e. The van der Waals surface area contributed by atoms with Gasteiger partial charge < -0.3 is 28.6 Å². The molecule has 0 unspecified atom stereocenters. The van der Waals surface area contributed by atoms with E-state index in [1.165, 1.54) is 49.8 Å². The fourth-order valence-corrected chi connectivity index (χ4v) is 3.04. The average Bonchev–Trinajstić information content (AvgIpc) is 2.77. The topological polar surface area (TPSA) is 83.5 Å². The van der Waals surface area contributed by atoms with Crippen molar-refractivity contribution in [3.63, 3.8) is 0 Å². The van der Waals surface area contributed by atoms with Gasteiger partial charge in [-0.25, -0.2) is 4.79 Å². The van der Waals surface area contributed by atoms with Gasteiger partial charge in [0.2, 0.25) is 0 Å². The van der Waals surface area contributed by atoms with E-state index in [0.717, 1.165) is 12.8 Å². The fourth-order valence-electron chi connectivity index (χ4n) is 3.04. The van der Waals surface area contributed by atoms with Crippen LogP contribution in [0.15, 0.2) is 0 Å². The highest BCUT2D eigenvalue weighted by Gasteiger charge is 2.19. The molecule has 202 valence electrons. The molecule has 0 atom stereocenters. The highest BCUT2D eigenvalue weighted by atomic mass is 16.6. The van der Waals surface area contributed by atoms with E-state index in [-0.39, 0.29) is 18.7 Å². The molecule has 0 N–H and O–H groups in total. The molecule has 1 amide bonds. The van der Waals surface area contributed by atoms with Gasteiger partial charge in [0.05, 0.1) is 39.6 Å². The van der Waals surface area contributed by atoms with E-state index in [0.29, 0.717) is 52.6 Å². The number of ether oxygens (including phenoxy) is 5. The number of rotatable bonds is 22. The molecule has 0 heterocycles. The third-order valence-corrected chi connectivity index (χ3v) is 5.00. The molecular formula is C26H51NO7. The number of unbranched alkanes of at least 4 members (excludes halogenated alkanes) is 8. The van der Waals surface area contributed by atoms with Gasteiger partial charge >= 0.3 is 12.1 Å². The molecule has 8 heteroatoms. The Morgan fingerprint density at radius 2 is 1.15 bits per heavy atom. The van der Waals surface area contributed by atoms with Crippen molar-refractivity contribution in [1.82, 2.24) is 4.90 Å². The fraction of sp³-hybridized carbons (Fsp3) is 0.923. The van der Waals surface area contributed by atoms with Crippen LogP contribution in [0.3, 0.4) is 0 Å². The molecule has 0 spiro atoms. The third kappa shape index (κ3) is 23.8. The van der Waals surface area contributed by atoms with Crippen molar-refractivity contribution >= 4 is 12.1 Å². The predicted molar refractivity (Wildman–Crippen MR) is 134 cm³/mol. The number of amides is 1. The van der Waals surface area contributed by atoms with Gasteiger partial charge in [-0.1, -0.05) is 58.3 Å². The lowest BCUT2D eigenvalue weighted by Gasteiger charge is -2.24. The Morgan fingerprint density at radius 3 is 1.68 bits per heavy atom. The Bertz CT molecular complexity index is 494. The molecule has 0 radical (unpaired) electrons. The molecule has 0 aromatic heterocycles. The lowest BCUT2D eigenvalue weighted by molar-refractivity contribution is -0.145. The molecule has 0 saturated heterocycles.